The topological polar surface area (TPSA) is 51.4 Å². The Hall–Kier alpha value is -0.970. The molecule has 0 amide bonds. The molecule has 2 heterocycles. The molecular weight excluding hydrogens is 226 g/mol. The number of ether oxygens (including phenoxy) is 1. The fourth-order valence-electron chi connectivity index (χ4n) is 2.62. The second kappa shape index (κ2) is 5.34. The second-order valence-corrected chi connectivity index (χ2v) is 5.56. The molecule has 0 bridgehead atoms. The number of morpholine rings is 1. The van der Waals surface area contributed by atoms with Crippen LogP contribution in [0.2, 0.25) is 0 Å². The average molecular weight is 249 g/mol. The van der Waals surface area contributed by atoms with Gasteiger partial charge in [-0.05, 0) is 38.0 Å². The van der Waals surface area contributed by atoms with Crippen LogP contribution >= 0.6 is 0 Å². The number of aromatic nitrogens is 1. The number of nitrogens with zero attached hydrogens (tertiary/aromatic N) is 2. The first-order chi connectivity index (χ1) is 8.53. The molecule has 1 aromatic heterocycles. The van der Waals surface area contributed by atoms with Crippen LogP contribution in [0.15, 0.2) is 18.5 Å². The summed E-state index contributed by atoms with van der Waals surface area (Å²) in [6.45, 7) is 9.59. The highest BCUT2D eigenvalue weighted by molar-refractivity contribution is 5.25. The Labute approximate surface area is 109 Å². The van der Waals surface area contributed by atoms with Gasteiger partial charge >= 0.3 is 0 Å². The molecule has 1 aromatic rings. The van der Waals surface area contributed by atoms with Crippen LogP contribution in [-0.2, 0) is 4.74 Å². The lowest BCUT2D eigenvalue weighted by Crippen LogP contribution is -2.50. The zero-order chi connectivity index (χ0) is 13.2. The summed E-state index contributed by atoms with van der Waals surface area (Å²) in [5, 5.41) is 0. The van der Waals surface area contributed by atoms with Gasteiger partial charge in [0, 0.05) is 38.1 Å². The fraction of sp³-hybridized carbons (Fsp3) is 0.643. The fourth-order valence-corrected chi connectivity index (χ4v) is 2.62. The van der Waals surface area contributed by atoms with Gasteiger partial charge in [0.15, 0.2) is 0 Å². The van der Waals surface area contributed by atoms with Crippen molar-refractivity contribution in [2.24, 2.45) is 5.73 Å². The van der Waals surface area contributed by atoms with E-state index in [2.05, 4.69) is 30.7 Å². The van der Waals surface area contributed by atoms with Crippen molar-refractivity contribution in [3.63, 3.8) is 0 Å². The van der Waals surface area contributed by atoms with Crippen molar-refractivity contribution in [3.05, 3.63) is 29.6 Å². The molecule has 4 heteroatoms. The van der Waals surface area contributed by atoms with E-state index in [4.69, 9.17) is 10.5 Å². The first-order valence-electron chi connectivity index (χ1n) is 6.52. The van der Waals surface area contributed by atoms with Gasteiger partial charge in [-0.3, -0.25) is 9.88 Å². The predicted octanol–water partition coefficient (Wildman–Crippen LogP) is 1.50. The Morgan fingerprint density at radius 2 is 2.33 bits per heavy atom. The molecule has 1 unspecified atom stereocenters. The summed E-state index contributed by atoms with van der Waals surface area (Å²) >= 11 is 0. The van der Waals surface area contributed by atoms with Crippen molar-refractivity contribution in [3.8, 4) is 0 Å². The number of nitrogens with two attached hydrogens (primary N) is 1. The lowest BCUT2D eigenvalue weighted by molar-refractivity contribution is -0.0968. The van der Waals surface area contributed by atoms with E-state index in [1.165, 1.54) is 11.1 Å². The summed E-state index contributed by atoms with van der Waals surface area (Å²) in [5.74, 6) is 0. The molecule has 1 saturated heterocycles. The molecule has 1 atom stereocenters. The maximum absolute atomic E-state index is 5.98. The van der Waals surface area contributed by atoms with E-state index in [9.17, 15) is 0 Å². The van der Waals surface area contributed by atoms with E-state index in [1.54, 1.807) is 0 Å². The quantitative estimate of drug-likeness (QED) is 0.882. The Kier molecular flexibility index (Phi) is 4.00. The molecule has 2 rings (SSSR count). The van der Waals surface area contributed by atoms with E-state index in [0.29, 0.717) is 6.54 Å². The van der Waals surface area contributed by atoms with Gasteiger partial charge in [0.05, 0.1) is 12.2 Å². The Morgan fingerprint density at radius 3 is 2.94 bits per heavy atom. The van der Waals surface area contributed by atoms with Crippen LogP contribution in [0, 0.1) is 6.92 Å². The number of hydrogen-bond donors (Lipinski definition) is 1. The molecule has 4 nitrogen and oxygen atoms in total. The highest BCUT2D eigenvalue weighted by Gasteiger charge is 2.31. The van der Waals surface area contributed by atoms with Crippen LogP contribution in [0.25, 0.3) is 0 Å². The van der Waals surface area contributed by atoms with Crippen molar-refractivity contribution in [2.45, 2.75) is 32.4 Å². The predicted molar refractivity (Wildman–Crippen MR) is 72.4 cm³/mol. The first kappa shape index (κ1) is 13.5. The standard InChI is InChI=1S/C14H23N3O/c1-11-4-5-16-9-12(11)13(8-15)17-6-7-18-14(2,3)10-17/h4-5,9,13H,6-8,10,15H2,1-3H3. The third kappa shape index (κ3) is 2.88. The van der Waals surface area contributed by atoms with Gasteiger partial charge in [-0.1, -0.05) is 0 Å². The van der Waals surface area contributed by atoms with Crippen molar-refractivity contribution < 1.29 is 4.74 Å². The molecule has 0 radical (unpaired) electrons. The smallest absolute Gasteiger partial charge is 0.0753 e. The molecule has 0 spiro atoms. The van der Waals surface area contributed by atoms with Gasteiger partial charge in [0.2, 0.25) is 0 Å². The third-order valence-electron chi connectivity index (χ3n) is 3.56. The molecule has 1 aliphatic heterocycles. The molecule has 1 aliphatic rings. The number of aryl methyl sites for hydroxylation is 1. The number of rotatable bonds is 3. The minimum atomic E-state index is -0.0955. The zero-order valence-electron chi connectivity index (χ0n) is 11.5. The van der Waals surface area contributed by atoms with Gasteiger partial charge in [-0.15, -0.1) is 0 Å². The summed E-state index contributed by atoms with van der Waals surface area (Å²) in [6, 6.07) is 2.28. The number of pyridine rings is 1. The van der Waals surface area contributed by atoms with Crippen LogP contribution in [0.4, 0.5) is 0 Å². The molecule has 0 aliphatic carbocycles. The Morgan fingerprint density at radius 1 is 1.56 bits per heavy atom. The van der Waals surface area contributed by atoms with E-state index in [-0.39, 0.29) is 11.6 Å². The summed E-state index contributed by atoms with van der Waals surface area (Å²) in [7, 11) is 0. The van der Waals surface area contributed by atoms with E-state index in [0.717, 1.165) is 19.7 Å². The largest absolute Gasteiger partial charge is 0.373 e. The normalized spacial score (nSPS) is 21.8. The van der Waals surface area contributed by atoms with Crippen LogP contribution in [-0.4, -0.2) is 41.7 Å². The highest BCUT2D eigenvalue weighted by atomic mass is 16.5. The molecule has 100 valence electrons. The highest BCUT2D eigenvalue weighted by Crippen LogP contribution is 2.27. The Bertz CT molecular complexity index is 406. The van der Waals surface area contributed by atoms with Gasteiger partial charge < -0.3 is 10.5 Å². The first-order valence-corrected chi connectivity index (χ1v) is 6.52. The van der Waals surface area contributed by atoms with Crippen molar-refractivity contribution in [1.29, 1.82) is 0 Å². The van der Waals surface area contributed by atoms with E-state index in [1.807, 2.05) is 18.5 Å². The summed E-state index contributed by atoms with van der Waals surface area (Å²) in [6.07, 6.45) is 3.77. The molecule has 2 N–H and O–H groups in total. The summed E-state index contributed by atoms with van der Waals surface area (Å²) in [5.41, 5.74) is 8.38. The molecule has 18 heavy (non-hydrogen) atoms. The molecule has 0 aromatic carbocycles. The van der Waals surface area contributed by atoms with Gasteiger partial charge in [-0.25, -0.2) is 0 Å². The van der Waals surface area contributed by atoms with Gasteiger partial charge in [-0.2, -0.15) is 0 Å². The minimum absolute atomic E-state index is 0.0955. The lowest BCUT2D eigenvalue weighted by Gasteiger charge is -2.42. The van der Waals surface area contributed by atoms with Crippen LogP contribution in [0.3, 0.4) is 0 Å². The van der Waals surface area contributed by atoms with Crippen LogP contribution in [0.1, 0.15) is 31.0 Å². The molecule has 0 saturated carbocycles. The maximum atomic E-state index is 5.98. The van der Waals surface area contributed by atoms with Crippen molar-refractivity contribution >= 4 is 0 Å². The van der Waals surface area contributed by atoms with Crippen LogP contribution in [0.5, 0.6) is 0 Å². The average Bonchev–Trinajstić information content (AvgIpc) is 2.31. The van der Waals surface area contributed by atoms with E-state index < -0.39 is 0 Å². The third-order valence-corrected chi connectivity index (χ3v) is 3.56. The summed E-state index contributed by atoms with van der Waals surface area (Å²) < 4.78 is 5.76. The van der Waals surface area contributed by atoms with Crippen molar-refractivity contribution in [2.75, 3.05) is 26.2 Å². The zero-order valence-corrected chi connectivity index (χ0v) is 11.5. The maximum Gasteiger partial charge on any atom is 0.0753 e. The minimum Gasteiger partial charge on any atom is -0.373 e. The van der Waals surface area contributed by atoms with Crippen LogP contribution < -0.4 is 5.73 Å². The Balaban J connectivity index is 2.21. The van der Waals surface area contributed by atoms with Crippen molar-refractivity contribution in [1.82, 2.24) is 9.88 Å². The lowest BCUT2D eigenvalue weighted by atomic mass is 9.99. The van der Waals surface area contributed by atoms with Gasteiger partial charge in [0.25, 0.3) is 0 Å². The second-order valence-electron chi connectivity index (χ2n) is 5.56. The molecular formula is C14H23N3O. The molecule has 1 fully saturated rings. The SMILES string of the molecule is Cc1ccncc1C(CN)N1CCOC(C)(C)C1. The summed E-state index contributed by atoms with van der Waals surface area (Å²) in [4.78, 5) is 6.64. The number of hydrogen-bond acceptors (Lipinski definition) is 4. The van der Waals surface area contributed by atoms with E-state index >= 15 is 0 Å². The monoisotopic (exact) mass is 249 g/mol. The van der Waals surface area contributed by atoms with Gasteiger partial charge in [0.1, 0.15) is 0 Å².